The largest absolute Gasteiger partial charge is 0.321 e. The van der Waals surface area contributed by atoms with Gasteiger partial charge in [0.05, 0.1) is 16.4 Å². The smallest absolute Gasteiger partial charge is 0.255 e. The number of rotatable bonds is 2. The molecule has 2 aromatic rings. The van der Waals surface area contributed by atoms with Gasteiger partial charge in [-0.3, -0.25) is 4.79 Å². The fraction of sp³-hybridized carbons (Fsp3) is 0. The second kappa shape index (κ2) is 6.05. The Morgan fingerprint density at radius 2 is 1.79 bits per heavy atom. The molecule has 98 valence electrons. The highest BCUT2D eigenvalue weighted by Gasteiger charge is 2.10. The van der Waals surface area contributed by atoms with Crippen molar-refractivity contribution in [3.8, 4) is 0 Å². The SMILES string of the molecule is O=C(Nc1cnc(Cl)c(Br)c1)c1cc(Cl)nc(Cl)c1. The van der Waals surface area contributed by atoms with Gasteiger partial charge in [-0.1, -0.05) is 34.8 Å². The molecule has 0 saturated heterocycles. The summed E-state index contributed by atoms with van der Waals surface area (Å²) in [4.78, 5) is 19.6. The van der Waals surface area contributed by atoms with Crippen molar-refractivity contribution < 1.29 is 4.79 Å². The maximum absolute atomic E-state index is 12.0. The maximum atomic E-state index is 12.0. The average Bonchev–Trinajstić information content (AvgIpc) is 2.32. The number of carbonyl (C=O) groups is 1. The van der Waals surface area contributed by atoms with E-state index in [1.807, 2.05) is 0 Å². The summed E-state index contributed by atoms with van der Waals surface area (Å²) >= 11 is 20.4. The number of nitrogens with zero attached hydrogens (tertiary/aromatic N) is 2. The van der Waals surface area contributed by atoms with Crippen molar-refractivity contribution in [2.24, 2.45) is 0 Å². The summed E-state index contributed by atoms with van der Waals surface area (Å²) in [7, 11) is 0. The summed E-state index contributed by atoms with van der Waals surface area (Å²) in [5.74, 6) is -0.373. The lowest BCUT2D eigenvalue weighted by Gasteiger charge is -2.06. The highest BCUT2D eigenvalue weighted by Crippen LogP contribution is 2.23. The van der Waals surface area contributed by atoms with Crippen molar-refractivity contribution in [2.45, 2.75) is 0 Å². The molecule has 0 aliphatic heterocycles. The number of nitrogens with one attached hydrogen (secondary N) is 1. The van der Waals surface area contributed by atoms with Gasteiger partial charge in [0.1, 0.15) is 15.5 Å². The Morgan fingerprint density at radius 3 is 2.37 bits per heavy atom. The molecule has 0 radical (unpaired) electrons. The number of anilines is 1. The Morgan fingerprint density at radius 1 is 1.16 bits per heavy atom. The Labute approximate surface area is 132 Å². The van der Waals surface area contributed by atoms with E-state index < -0.39 is 0 Å². The van der Waals surface area contributed by atoms with Gasteiger partial charge in [-0.25, -0.2) is 9.97 Å². The van der Waals surface area contributed by atoms with Crippen molar-refractivity contribution in [3.05, 3.63) is 49.9 Å². The Bertz CT molecular complexity index is 631. The zero-order chi connectivity index (χ0) is 14.0. The van der Waals surface area contributed by atoms with Crippen LogP contribution < -0.4 is 5.32 Å². The molecule has 0 spiro atoms. The van der Waals surface area contributed by atoms with Crippen molar-refractivity contribution in [1.29, 1.82) is 0 Å². The fourth-order valence-electron chi connectivity index (χ4n) is 1.29. The standard InChI is InChI=1S/C11H5BrCl3N3O/c12-7-3-6(4-16-10(7)15)17-11(19)5-1-8(13)18-9(14)2-5/h1-4H,(H,17,19). The van der Waals surface area contributed by atoms with Crippen molar-refractivity contribution >= 4 is 62.3 Å². The zero-order valence-electron chi connectivity index (χ0n) is 9.12. The number of carbonyl (C=O) groups excluding carboxylic acids is 1. The van der Waals surface area contributed by atoms with Crippen molar-refractivity contribution in [3.63, 3.8) is 0 Å². The number of pyridine rings is 2. The maximum Gasteiger partial charge on any atom is 0.255 e. The van der Waals surface area contributed by atoms with Crippen LogP contribution in [0.15, 0.2) is 28.9 Å². The van der Waals surface area contributed by atoms with Crippen LogP contribution in [-0.4, -0.2) is 15.9 Å². The van der Waals surface area contributed by atoms with Gasteiger partial charge in [-0.2, -0.15) is 0 Å². The number of hydrogen-bond donors (Lipinski definition) is 1. The van der Waals surface area contributed by atoms with Gasteiger partial charge in [-0.15, -0.1) is 0 Å². The molecule has 0 aromatic carbocycles. The Hall–Kier alpha value is -0.880. The first-order valence-electron chi connectivity index (χ1n) is 4.91. The first-order valence-corrected chi connectivity index (χ1v) is 6.84. The molecule has 4 nitrogen and oxygen atoms in total. The second-order valence-corrected chi connectivity index (χ2v) is 5.44. The molecule has 2 heterocycles. The summed E-state index contributed by atoms with van der Waals surface area (Å²) in [6.45, 7) is 0. The zero-order valence-corrected chi connectivity index (χ0v) is 13.0. The average molecular weight is 381 g/mol. The van der Waals surface area contributed by atoms with Crippen LogP contribution in [0, 0.1) is 0 Å². The number of halogens is 4. The molecule has 2 rings (SSSR count). The van der Waals surface area contributed by atoms with Gasteiger partial charge in [0, 0.05) is 5.56 Å². The van der Waals surface area contributed by atoms with E-state index in [2.05, 4.69) is 31.2 Å². The molecule has 1 N–H and O–H groups in total. The Kier molecular flexibility index (Phi) is 4.62. The van der Waals surface area contributed by atoms with Crippen LogP contribution in [0.3, 0.4) is 0 Å². The summed E-state index contributed by atoms with van der Waals surface area (Å²) in [5.41, 5.74) is 0.793. The van der Waals surface area contributed by atoms with Crippen LogP contribution in [0.5, 0.6) is 0 Å². The summed E-state index contributed by atoms with van der Waals surface area (Å²) < 4.78 is 0.581. The van der Waals surface area contributed by atoms with E-state index in [0.29, 0.717) is 20.9 Å². The van der Waals surface area contributed by atoms with Crippen LogP contribution >= 0.6 is 50.7 Å². The minimum Gasteiger partial charge on any atom is -0.321 e. The molecule has 0 bridgehead atoms. The highest BCUT2D eigenvalue weighted by atomic mass is 79.9. The highest BCUT2D eigenvalue weighted by molar-refractivity contribution is 9.10. The van der Waals surface area contributed by atoms with Crippen LogP contribution in [0.25, 0.3) is 0 Å². The molecule has 2 aromatic heterocycles. The predicted molar refractivity (Wildman–Crippen MR) is 79.2 cm³/mol. The molecule has 0 aliphatic carbocycles. The predicted octanol–water partition coefficient (Wildman–Crippen LogP) is 4.45. The summed E-state index contributed by atoms with van der Waals surface area (Å²) in [5, 5.41) is 3.25. The van der Waals surface area contributed by atoms with E-state index in [0.717, 1.165) is 0 Å². The van der Waals surface area contributed by atoms with E-state index >= 15 is 0 Å². The minimum atomic E-state index is -0.373. The first kappa shape index (κ1) is 14.5. The Balaban J connectivity index is 2.22. The number of aromatic nitrogens is 2. The molecule has 0 saturated carbocycles. The van der Waals surface area contributed by atoms with Gasteiger partial charge in [0.25, 0.3) is 5.91 Å². The molecular formula is C11H5BrCl3N3O. The normalized spacial score (nSPS) is 10.3. The van der Waals surface area contributed by atoms with Crippen LogP contribution in [0.4, 0.5) is 5.69 Å². The van der Waals surface area contributed by atoms with E-state index in [1.165, 1.54) is 18.3 Å². The van der Waals surface area contributed by atoms with Crippen LogP contribution in [-0.2, 0) is 0 Å². The molecule has 0 atom stereocenters. The number of amides is 1. The third kappa shape index (κ3) is 3.79. The van der Waals surface area contributed by atoms with E-state index in [9.17, 15) is 4.79 Å². The van der Waals surface area contributed by atoms with E-state index in [-0.39, 0.29) is 16.2 Å². The molecule has 0 unspecified atom stereocenters. The van der Waals surface area contributed by atoms with Gasteiger partial charge in [0.15, 0.2) is 0 Å². The molecular weight excluding hydrogens is 376 g/mol. The van der Waals surface area contributed by atoms with Gasteiger partial charge >= 0.3 is 0 Å². The molecule has 0 fully saturated rings. The third-order valence-corrected chi connectivity index (χ3v) is 3.60. The third-order valence-electron chi connectivity index (χ3n) is 2.08. The topological polar surface area (TPSA) is 54.9 Å². The monoisotopic (exact) mass is 379 g/mol. The van der Waals surface area contributed by atoms with Gasteiger partial charge in [0.2, 0.25) is 0 Å². The lowest BCUT2D eigenvalue weighted by atomic mass is 10.2. The lowest BCUT2D eigenvalue weighted by Crippen LogP contribution is -2.12. The quantitative estimate of drug-likeness (QED) is 0.782. The van der Waals surface area contributed by atoms with Crippen LogP contribution in [0.1, 0.15) is 10.4 Å². The van der Waals surface area contributed by atoms with Crippen molar-refractivity contribution in [1.82, 2.24) is 9.97 Å². The van der Waals surface area contributed by atoms with Crippen molar-refractivity contribution in [2.75, 3.05) is 5.32 Å². The summed E-state index contributed by atoms with van der Waals surface area (Å²) in [6, 6.07) is 4.47. The van der Waals surface area contributed by atoms with Crippen LogP contribution in [0.2, 0.25) is 15.5 Å². The van der Waals surface area contributed by atoms with E-state index in [1.54, 1.807) is 6.07 Å². The van der Waals surface area contributed by atoms with Gasteiger partial charge < -0.3 is 5.32 Å². The fourth-order valence-corrected chi connectivity index (χ4v) is 2.20. The minimum absolute atomic E-state index is 0.146. The molecule has 19 heavy (non-hydrogen) atoms. The lowest BCUT2D eigenvalue weighted by molar-refractivity contribution is 0.102. The molecule has 8 heteroatoms. The first-order chi connectivity index (χ1) is 8.95. The molecule has 0 aliphatic rings. The summed E-state index contributed by atoms with van der Waals surface area (Å²) in [6.07, 6.45) is 1.44. The number of hydrogen-bond acceptors (Lipinski definition) is 3. The van der Waals surface area contributed by atoms with E-state index in [4.69, 9.17) is 34.8 Å². The second-order valence-electron chi connectivity index (χ2n) is 3.45. The molecule has 1 amide bonds. The van der Waals surface area contributed by atoms with Gasteiger partial charge in [-0.05, 0) is 34.1 Å².